The third-order valence-electron chi connectivity index (χ3n) is 2.84. The molecule has 1 rings (SSSR count). The first kappa shape index (κ1) is 14.2. The maximum atomic E-state index is 3.38. The second-order valence-corrected chi connectivity index (χ2v) is 3.62. The van der Waals surface area contributed by atoms with Gasteiger partial charge >= 0.3 is 0 Å². The molecule has 0 aromatic carbocycles. The van der Waals surface area contributed by atoms with Crippen LogP contribution in [-0.4, -0.2) is 62.2 Å². The molecule has 0 radical (unpaired) electrons. The molecule has 1 fully saturated rings. The molecular weight excluding hydrogens is 198 g/mol. The highest BCUT2D eigenvalue weighted by molar-refractivity contribution is 5.85. The molecule has 1 heterocycles. The maximum Gasteiger partial charge on any atom is 0.0110 e. The van der Waals surface area contributed by atoms with Crippen LogP contribution in [0.5, 0.6) is 0 Å². The van der Waals surface area contributed by atoms with Gasteiger partial charge in [0.2, 0.25) is 0 Å². The van der Waals surface area contributed by atoms with E-state index < -0.39 is 0 Å². The van der Waals surface area contributed by atoms with E-state index in [1.807, 2.05) is 0 Å². The molecule has 86 valence electrons. The first-order valence-corrected chi connectivity index (χ1v) is 5.52. The summed E-state index contributed by atoms with van der Waals surface area (Å²) in [7, 11) is 0. The molecule has 1 aliphatic rings. The summed E-state index contributed by atoms with van der Waals surface area (Å²) in [5.41, 5.74) is 0. The Kier molecular flexibility index (Phi) is 8.58. The Labute approximate surface area is 94.2 Å². The minimum absolute atomic E-state index is 0. The van der Waals surface area contributed by atoms with E-state index >= 15 is 0 Å². The first-order chi connectivity index (χ1) is 6.36. The lowest BCUT2D eigenvalue weighted by Crippen LogP contribution is -2.46. The normalized spacial score (nSPS) is 18.2. The zero-order chi connectivity index (χ0) is 9.52. The van der Waals surface area contributed by atoms with Crippen LogP contribution in [0.3, 0.4) is 0 Å². The van der Waals surface area contributed by atoms with E-state index in [0.717, 1.165) is 13.1 Å². The summed E-state index contributed by atoms with van der Waals surface area (Å²) in [5.74, 6) is 0. The molecule has 1 aliphatic heterocycles. The summed E-state index contributed by atoms with van der Waals surface area (Å²) in [6, 6.07) is 0. The van der Waals surface area contributed by atoms with Gasteiger partial charge in [0.25, 0.3) is 0 Å². The highest BCUT2D eigenvalue weighted by Crippen LogP contribution is 1.94. The molecule has 0 spiro atoms. The van der Waals surface area contributed by atoms with E-state index in [4.69, 9.17) is 0 Å². The number of rotatable bonds is 5. The summed E-state index contributed by atoms with van der Waals surface area (Å²) < 4.78 is 0. The number of hydrogen-bond acceptors (Lipinski definition) is 3. The molecule has 0 aliphatic carbocycles. The van der Waals surface area contributed by atoms with Crippen LogP contribution in [-0.2, 0) is 0 Å². The number of nitrogens with zero attached hydrogens (tertiary/aromatic N) is 2. The number of likely N-dealkylation sites (N-methyl/N-ethyl adjacent to an activating group) is 1. The van der Waals surface area contributed by atoms with Crippen molar-refractivity contribution in [2.24, 2.45) is 0 Å². The van der Waals surface area contributed by atoms with Gasteiger partial charge in [-0.25, -0.2) is 0 Å². The third kappa shape index (κ3) is 5.15. The highest BCUT2D eigenvalue weighted by atomic mass is 35.5. The summed E-state index contributed by atoms with van der Waals surface area (Å²) in [5, 5.41) is 3.38. The Morgan fingerprint density at radius 3 is 2.21 bits per heavy atom. The monoisotopic (exact) mass is 221 g/mol. The lowest BCUT2D eigenvalue weighted by Gasteiger charge is -2.29. The summed E-state index contributed by atoms with van der Waals surface area (Å²) in [4.78, 5) is 5.04. The van der Waals surface area contributed by atoms with Gasteiger partial charge in [-0.15, -0.1) is 12.4 Å². The molecule has 14 heavy (non-hydrogen) atoms. The van der Waals surface area contributed by atoms with Gasteiger partial charge in [0.15, 0.2) is 0 Å². The molecule has 0 saturated carbocycles. The maximum absolute atomic E-state index is 3.38. The van der Waals surface area contributed by atoms with Crippen molar-refractivity contribution < 1.29 is 0 Å². The number of halogens is 1. The average molecular weight is 222 g/mol. The van der Waals surface area contributed by atoms with E-state index in [9.17, 15) is 0 Å². The zero-order valence-electron chi connectivity index (χ0n) is 9.46. The van der Waals surface area contributed by atoms with Crippen LogP contribution in [0.1, 0.15) is 13.8 Å². The van der Waals surface area contributed by atoms with Crippen molar-refractivity contribution in [3.8, 4) is 0 Å². The zero-order valence-corrected chi connectivity index (χ0v) is 10.3. The summed E-state index contributed by atoms with van der Waals surface area (Å²) in [6.45, 7) is 14.1. The number of hydrogen-bond donors (Lipinski definition) is 1. The van der Waals surface area contributed by atoms with Gasteiger partial charge in [-0.3, -0.25) is 4.90 Å². The predicted molar refractivity (Wildman–Crippen MR) is 64.3 cm³/mol. The second kappa shape index (κ2) is 8.48. The van der Waals surface area contributed by atoms with Gasteiger partial charge in [0.1, 0.15) is 0 Å². The van der Waals surface area contributed by atoms with Crippen molar-refractivity contribution in [1.29, 1.82) is 0 Å². The van der Waals surface area contributed by atoms with E-state index in [-0.39, 0.29) is 12.4 Å². The SMILES string of the molecule is CCN(CC)CCN1CCNCC1.Cl. The van der Waals surface area contributed by atoms with Crippen LogP contribution in [0.25, 0.3) is 0 Å². The van der Waals surface area contributed by atoms with Crippen LogP contribution < -0.4 is 5.32 Å². The van der Waals surface area contributed by atoms with Gasteiger partial charge in [-0.2, -0.15) is 0 Å². The quantitative estimate of drug-likeness (QED) is 0.736. The van der Waals surface area contributed by atoms with E-state index in [1.54, 1.807) is 0 Å². The number of nitrogens with one attached hydrogen (secondary N) is 1. The molecule has 0 amide bonds. The Bertz CT molecular complexity index is 123. The lowest BCUT2D eigenvalue weighted by molar-refractivity contribution is 0.197. The van der Waals surface area contributed by atoms with Crippen molar-refractivity contribution in [3.63, 3.8) is 0 Å². The average Bonchev–Trinajstić information content (AvgIpc) is 2.21. The van der Waals surface area contributed by atoms with Gasteiger partial charge in [0, 0.05) is 39.3 Å². The molecule has 4 heteroatoms. The van der Waals surface area contributed by atoms with Crippen LogP contribution in [0, 0.1) is 0 Å². The molecule has 0 aromatic rings. The Hall–Kier alpha value is 0.170. The van der Waals surface area contributed by atoms with Crippen molar-refractivity contribution in [3.05, 3.63) is 0 Å². The topological polar surface area (TPSA) is 18.5 Å². The number of piperazine rings is 1. The smallest absolute Gasteiger partial charge is 0.0110 e. The van der Waals surface area contributed by atoms with Crippen LogP contribution in [0.15, 0.2) is 0 Å². The second-order valence-electron chi connectivity index (χ2n) is 3.62. The van der Waals surface area contributed by atoms with E-state index in [1.165, 1.54) is 39.3 Å². The molecule has 0 atom stereocenters. The van der Waals surface area contributed by atoms with Crippen LogP contribution in [0.4, 0.5) is 0 Å². The molecule has 0 bridgehead atoms. The van der Waals surface area contributed by atoms with E-state index in [0.29, 0.717) is 0 Å². The molecule has 1 N–H and O–H groups in total. The minimum atomic E-state index is 0. The molecular formula is C10H24ClN3. The molecule has 3 nitrogen and oxygen atoms in total. The van der Waals surface area contributed by atoms with Crippen LogP contribution >= 0.6 is 12.4 Å². The van der Waals surface area contributed by atoms with Crippen molar-refractivity contribution >= 4 is 12.4 Å². The fourth-order valence-corrected chi connectivity index (χ4v) is 1.76. The Morgan fingerprint density at radius 2 is 1.71 bits per heavy atom. The summed E-state index contributed by atoms with van der Waals surface area (Å²) in [6.07, 6.45) is 0. The molecule has 0 unspecified atom stereocenters. The fraction of sp³-hybridized carbons (Fsp3) is 1.00. The molecule has 0 aromatic heterocycles. The van der Waals surface area contributed by atoms with Crippen molar-refractivity contribution in [2.45, 2.75) is 13.8 Å². The Morgan fingerprint density at radius 1 is 1.14 bits per heavy atom. The van der Waals surface area contributed by atoms with Gasteiger partial charge in [-0.05, 0) is 13.1 Å². The standard InChI is InChI=1S/C10H23N3.ClH/c1-3-12(4-2)9-10-13-7-5-11-6-8-13;/h11H,3-10H2,1-2H3;1H. The largest absolute Gasteiger partial charge is 0.314 e. The van der Waals surface area contributed by atoms with Gasteiger partial charge in [-0.1, -0.05) is 13.8 Å². The van der Waals surface area contributed by atoms with Gasteiger partial charge < -0.3 is 10.2 Å². The summed E-state index contributed by atoms with van der Waals surface area (Å²) >= 11 is 0. The Balaban J connectivity index is 0.00000169. The predicted octanol–water partition coefficient (Wildman–Crippen LogP) is 0.655. The van der Waals surface area contributed by atoms with Crippen molar-refractivity contribution in [2.75, 3.05) is 52.4 Å². The molecule has 1 saturated heterocycles. The lowest BCUT2D eigenvalue weighted by atomic mass is 10.3. The van der Waals surface area contributed by atoms with Crippen molar-refractivity contribution in [1.82, 2.24) is 15.1 Å². The highest BCUT2D eigenvalue weighted by Gasteiger charge is 2.09. The van der Waals surface area contributed by atoms with Crippen LogP contribution in [0.2, 0.25) is 0 Å². The minimum Gasteiger partial charge on any atom is -0.314 e. The fourth-order valence-electron chi connectivity index (χ4n) is 1.76. The van der Waals surface area contributed by atoms with Gasteiger partial charge in [0.05, 0.1) is 0 Å². The third-order valence-corrected chi connectivity index (χ3v) is 2.84. The first-order valence-electron chi connectivity index (χ1n) is 5.52. The van der Waals surface area contributed by atoms with E-state index in [2.05, 4.69) is 29.0 Å².